The Morgan fingerprint density at radius 2 is 1.73 bits per heavy atom. The number of hydrogen-bond acceptors (Lipinski definition) is 10. The van der Waals surface area contributed by atoms with Gasteiger partial charge in [-0.25, -0.2) is 5.43 Å². The van der Waals surface area contributed by atoms with E-state index in [1.807, 2.05) is 23.1 Å². The standard InChI is InChI=1S/C23H23F3N8O3/c24-23(25,26)16-37-22-29-20(31-27-14-17-6-8-19(9-7-17)34(35)36)28-21(30-22)33-12-10-32(11-13-33)15-18-4-2-1-3-5-18/h1-9,14H,10-13,15-16H2,(H,28,29,30,31)/b27-14+. The summed E-state index contributed by atoms with van der Waals surface area (Å²) in [7, 11) is 0. The Hall–Kier alpha value is -4.33. The number of nitro benzene ring substituents is 1. The number of halogens is 3. The predicted molar refractivity (Wildman–Crippen MR) is 130 cm³/mol. The third kappa shape index (κ3) is 7.83. The van der Waals surface area contributed by atoms with E-state index >= 15 is 0 Å². The average Bonchev–Trinajstić information content (AvgIpc) is 2.88. The third-order valence-corrected chi connectivity index (χ3v) is 5.35. The maximum atomic E-state index is 12.7. The summed E-state index contributed by atoms with van der Waals surface area (Å²) in [6.07, 6.45) is -3.19. The molecular weight excluding hydrogens is 493 g/mol. The van der Waals surface area contributed by atoms with E-state index in [-0.39, 0.29) is 17.6 Å². The van der Waals surface area contributed by atoms with Crippen molar-refractivity contribution in [3.05, 3.63) is 75.8 Å². The summed E-state index contributed by atoms with van der Waals surface area (Å²) in [6.45, 7) is 1.77. The normalized spacial score (nSPS) is 14.6. The molecule has 1 N–H and O–H groups in total. The molecule has 0 aliphatic carbocycles. The molecule has 3 aromatic rings. The first-order valence-electron chi connectivity index (χ1n) is 11.3. The van der Waals surface area contributed by atoms with Crippen LogP contribution in [0.4, 0.5) is 30.8 Å². The Morgan fingerprint density at radius 1 is 1.03 bits per heavy atom. The second-order valence-electron chi connectivity index (χ2n) is 8.11. The molecular formula is C23H23F3N8O3. The summed E-state index contributed by atoms with van der Waals surface area (Å²) in [5.74, 6) is 0.0617. The van der Waals surface area contributed by atoms with Crippen molar-refractivity contribution < 1.29 is 22.8 Å². The quantitative estimate of drug-likeness (QED) is 0.259. The first-order valence-corrected chi connectivity index (χ1v) is 11.3. The zero-order valence-electron chi connectivity index (χ0n) is 19.5. The minimum absolute atomic E-state index is 0.0671. The van der Waals surface area contributed by atoms with Crippen molar-refractivity contribution in [1.29, 1.82) is 0 Å². The van der Waals surface area contributed by atoms with E-state index in [1.54, 1.807) is 0 Å². The van der Waals surface area contributed by atoms with E-state index in [2.05, 4.69) is 42.5 Å². The summed E-state index contributed by atoms with van der Waals surface area (Å²) in [5.41, 5.74) is 4.24. The van der Waals surface area contributed by atoms with Crippen LogP contribution in [0.15, 0.2) is 59.7 Å². The van der Waals surface area contributed by atoms with Crippen LogP contribution in [0, 0.1) is 10.1 Å². The second kappa shape index (κ2) is 11.6. The third-order valence-electron chi connectivity index (χ3n) is 5.35. The fraction of sp³-hybridized carbons (Fsp3) is 0.304. The minimum atomic E-state index is -4.56. The number of benzene rings is 2. The molecule has 11 nitrogen and oxygen atoms in total. The number of ether oxygens (including phenoxy) is 1. The van der Waals surface area contributed by atoms with E-state index in [0.29, 0.717) is 31.7 Å². The van der Waals surface area contributed by atoms with Gasteiger partial charge in [-0.15, -0.1) is 0 Å². The van der Waals surface area contributed by atoms with E-state index in [0.717, 1.165) is 6.54 Å². The molecule has 4 rings (SSSR count). The molecule has 194 valence electrons. The maximum Gasteiger partial charge on any atom is 0.422 e. The molecule has 2 aromatic carbocycles. The van der Waals surface area contributed by atoms with Gasteiger partial charge in [-0.3, -0.25) is 15.0 Å². The topological polar surface area (TPSA) is 122 Å². The molecule has 1 aliphatic heterocycles. The number of nitro groups is 1. The molecule has 37 heavy (non-hydrogen) atoms. The van der Waals surface area contributed by atoms with Crippen molar-refractivity contribution in [1.82, 2.24) is 19.9 Å². The van der Waals surface area contributed by atoms with E-state index < -0.39 is 23.7 Å². The molecule has 0 radical (unpaired) electrons. The van der Waals surface area contributed by atoms with Crippen LogP contribution >= 0.6 is 0 Å². The monoisotopic (exact) mass is 516 g/mol. The number of hydrazone groups is 1. The van der Waals surface area contributed by atoms with Crippen LogP contribution in [0.3, 0.4) is 0 Å². The lowest BCUT2D eigenvalue weighted by atomic mass is 10.2. The van der Waals surface area contributed by atoms with Crippen LogP contribution in [0.1, 0.15) is 11.1 Å². The number of hydrogen-bond donors (Lipinski definition) is 1. The first-order chi connectivity index (χ1) is 17.7. The van der Waals surface area contributed by atoms with Crippen molar-refractivity contribution in [2.75, 3.05) is 43.1 Å². The number of aromatic nitrogens is 3. The number of nitrogens with one attached hydrogen (secondary N) is 1. The summed E-state index contributed by atoms with van der Waals surface area (Å²) in [4.78, 5) is 26.6. The molecule has 1 saturated heterocycles. The van der Waals surface area contributed by atoms with Crippen molar-refractivity contribution in [3.63, 3.8) is 0 Å². The summed E-state index contributed by atoms with van der Waals surface area (Å²) >= 11 is 0. The van der Waals surface area contributed by atoms with Crippen LogP contribution in [-0.4, -0.2) is 70.0 Å². The SMILES string of the molecule is O=[N+]([O-])c1ccc(/C=N/Nc2nc(OCC(F)(F)F)nc(N3CCN(Cc4ccccc4)CC3)n2)cc1. The second-order valence-corrected chi connectivity index (χ2v) is 8.11. The summed E-state index contributed by atoms with van der Waals surface area (Å²) in [6, 6.07) is 15.2. The number of nitrogens with zero attached hydrogens (tertiary/aromatic N) is 7. The van der Waals surface area contributed by atoms with Gasteiger partial charge >= 0.3 is 12.2 Å². The van der Waals surface area contributed by atoms with Gasteiger partial charge in [0.25, 0.3) is 11.6 Å². The fourth-order valence-corrected chi connectivity index (χ4v) is 3.54. The van der Waals surface area contributed by atoms with Gasteiger partial charge in [0.15, 0.2) is 6.61 Å². The van der Waals surface area contributed by atoms with Gasteiger partial charge in [-0.05, 0) is 23.3 Å². The molecule has 0 spiro atoms. The van der Waals surface area contributed by atoms with Gasteiger partial charge in [-0.1, -0.05) is 30.3 Å². The van der Waals surface area contributed by atoms with Crippen LogP contribution in [0.25, 0.3) is 0 Å². The number of non-ortho nitro benzene ring substituents is 1. The van der Waals surface area contributed by atoms with Crippen LogP contribution < -0.4 is 15.1 Å². The van der Waals surface area contributed by atoms with Crippen molar-refractivity contribution >= 4 is 23.8 Å². The predicted octanol–water partition coefficient (Wildman–Crippen LogP) is 3.49. The van der Waals surface area contributed by atoms with Gasteiger partial charge in [0.2, 0.25) is 5.95 Å². The molecule has 1 fully saturated rings. The maximum absolute atomic E-state index is 12.7. The van der Waals surface area contributed by atoms with Crippen molar-refractivity contribution in [2.45, 2.75) is 12.7 Å². The fourth-order valence-electron chi connectivity index (χ4n) is 3.54. The molecule has 0 saturated carbocycles. The molecule has 14 heteroatoms. The van der Waals surface area contributed by atoms with Gasteiger partial charge < -0.3 is 9.64 Å². The zero-order valence-corrected chi connectivity index (χ0v) is 19.5. The zero-order chi connectivity index (χ0) is 26.3. The van der Waals surface area contributed by atoms with E-state index in [1.165, 1.54) is 36.0 Å². The Kier molecular flexibility index (Phi) is 8.08. The molecule has 0 bridgehead atoms. The molecule has 0 atom stereocenters. The highest BCUT2D eigenvalue weighted by Crippen LogP contribution is 2.21. The molecule has 1 aliphatic rings. The van der Waals surface area contributed by atoms with Gasteiger partial charge in [0, 0.05) is 44.9 Å². The Balaban J connectivity index is 1.44. The van der Waals surface area contributed by atoms with Crippen LogP contribution in [-0.2, 0) is 6.54 Å². The van der Waals surface area contributed by atoms with E-state index in [4.69, 9.17) is 4.74 Å². The number of alkyl halides is 3. The Morgan fingerprint density at radius 3 is 2.38 bits per heavy atom. The highest BCUT2D eigenvalue weighted by molar-refractivity contribution is 5.80. The molecule has 1 aromatic heterocycles. The highest BCUT2D eigenvalue weighted by Gasteiger charge is 2.29. The van der Waals surface area contributed by atoms with Gasteiger partial charge in [0.1, 0.15) is 0 Å². The van der Waals surface area contributed by atoms with Gasteiger partial charge in [0.05, 0.1) is 11.1 Å². The van der Waals surface area contributed by atoms with Crippen LogP contribution in [0.2, 0.25) is 0 Å². The number of anilines is 2. The largest absolute Gasteiger partial charge is 0.454 e. The lowest BCUT2D eigenvalue weighted by Gasteiger charge is -2.34. The van der Waals surface area contributed by atoms with Crippen LogP contribution in [0.5, 0.6) is 6.01 Å². The summed E-state index contributed by atoms with van der Waals surface area (Å²) < 4.78 is 42.8. The molecule has 2 heterocycles. The lowest BCUT2D eigenvalue weighted by Crippen LogP contribution is -2.46. The molecule has 0 amide bonds. The van der Waals surface area contributed by atoms with Crippen molar-refractivity contribution in [2.24, 2.45) is 5.10 Å². The minimum Gasteiger partial charge on any atom is -0.454 e. The smallest absolute Gasteiger partial charge is 0.422 e. The molecule has 0 unspecified atom stereocenters. The Labute approximate surface area is 209 Å². The van der Waals surface area contributed by atoms with Crippen molar-refractivity contribution in [3.8, 4) is 6.01 Å². The van der Waals surface area contributed by atoms with E-state index in [9.17, 15) is 23.3 Å². The van der Waals surface area contributed by atoms with Gasteiger partial charge in [-0.2, -0.15) is 33.2 Å². The highest BCUT2D eigenvalue weighted by atomic mass is 19.4. The lowest BCUT2D eigenvalue weighted by molar-refractivity contribution is -0.384. The Bertz CT molecular complexity index is 1220. The summed E-state index contributed by atoms with van der Waals surface area (Å²) in [5, 5.41) is 14.7. The average molecular weight is 516 g/mol. The number of piperazine rings is 1. The first kappa shape index (κ1) is 25.8. The number of rotatable bonds is 9.